The lowest BCUT2D eigenvalue weighted by molar-refractivity contribution is -0.384. The molecule has 0 aliphatic rings. The van der Waals surface area contributed by atoms with Crippen LogP contribution in [-0.4, -0.2) is 49.0 Å². The van der Waals surface area contributed by atoms with Crippen LogP contribution in [0.15, 0.2) is 12.1 Å². The highest BCUT2D eigenvalue weighted by Gasteiger charge is 2.18. The van der Waals surface area contributed by atoms with Crippen LogP contribution in [0.2, 0.25) is 0 Å². The molecule has 0 saturated carbocycles. The van der Waals surface area contributed by atoms with E-state index in [4.69, 9.17) is 5.73 Å². The summed E-state index contributed by atoms with van der Waals surface area (Å²) in [5.74, 6) is 0.583. The zero-order valence-electron chi connectivity index (χ0n) is 10.3. The van der Waals surface area contributed by atoms with E-state index in [1.54, 1.807) is 11.9 Å². The third-order valence-corrected chi connectivity index (χ3v) is 2.32. The maximum absolute atomic E-state index is 10.9. The van der Waals surface area contributed by atoms with Gasteiger partial charge in [0.1, 0.15) is 5.82 Å². The predicted octanol–water partition coefficient (Wildman–Crippen LogP) is 0.570. The van der Waals surface area contributed by atoms with Crippen LogP contribution >= 0.6 is 0 Å². The quantitative estimate of drug-likeness (QED) is 0.597. The van der Waals surface area contributed by atoms with E-state index in [2.05, 4.69) is 4.98 Å². The number of nitro groups is 1. The summed E-state index contributed by atoms with van der Waals surface area (Å²) >= 11 is 0. The molecule has 0 radical (unpaired) electrons. The molecule has 1 heterocycles. The van der Waals surface area contributed by atoms with Crippen molar-refractivity contribution in [1.29, 1.82) is 0 Å². The highest BCUT2D eigenvalue weighted by molar-refractivity contribution is 5.60. The molecule has 94 valence electrons. The van der Waals surface area contributed by atoms with Gasteiger partial charge in [0, 0.05) is 26.2 Å². The second-order valence-electron chi connectivity index (χ2n) is 4.06. The van der Waals surface area contributed by atoms with Crippen molar-refractivity contribution in [2.24, 2.45) is 0 Å². The van der Waals surface area contributed by atoms with Gasteiger partial charge in [0.2, 0.25) is 5.82 Å². The van der Waals surface area contributed by atoms with Crippen molar-refractivity contribution in [3.8, 4) is 0 Å². The maximum atomic E-state index is 10.9. The van der Waals surface area contributed by atoms with E-state index in [0.29, 0.717) is 12.4 Å². The van der Waals surface area contributed by atoms with E-state index in [-0.39, 0.29) is 11.5 Å². The summed E-state index contributed by atoms with van der Waals surface area (Å²) in [5.41, 5.74) is 5.52. The molecule has 0 saturated heterocycles. The molecule has 0 unspecified atom stereocenters. The SMILES string of the molecule is CN(C)CCN(C)c1nc(N)ccc1[N+](=O)[O-]. The van der Waals surface area contributed by atoms with Crippen molar-refractivity contribution in [1.82, 2.24) is 9.88 Å². The monoisotopic (exact) mass is 239 g/mol. The summed E-state index contributed by atoms with van der Waals surface area (Å²) < 4.78 is 0. The van der Waals surface area contributed by atoms with E-state index >= 15 is 0 Å². The molecule has 0 spiro atoms. The molecule has 0 amide bonds. The van der Waals surface area contributed by atoms with E-state index in [1.807, 2.05) is 19.0 Å². The molecular formula is C10H17N5O2. The number of anilines is 2. The Bertz CT molecular complexity index is 408. The molecule has 0 aromatic carbocycles. The van der Waals surface area contributed by atoms with Crippen molar-refractivity contribution in [3.05, 3.63) is 22.2 Å². The van der Waals surface area contributed by atoms with E-state index < -0.39 is 4.92 Å². The second-order valence-corrected chi connectivity index (χ2v) is 4.06. The number of rotatable bonds is 5. The molecule has 7 heteroatoms. The van der Waals surface area contributed by atoms with Gasteiger partial charge in [-0.15, -0.1) is 0 Å². The molecule has 1 aromatic rings. The van der Waals surface area contributed by atoms with Gasteiger partial charge in [-0.3, -0.25) is 10.1 Å². The highest BCUT2D eigenvalue weighted by Crippen LogP contribution is 2.25. The van der Waals surface area contributed by atoms with Crippen molar-refractivity contribution in [3.63, 3.8) is 0 Å². The molecule has 7 nitrogen and oxygen atoms in total. The average Bonchev–Trinajstić information content (AvgIpc) is 2.25. The molecule has 2 N–H and O–H groups in total. The Morgan fingerprint density at radius 2 is 2.00 bits per heavy atom. The van der Waals surface area contributed by atoms with Gasteiger partial charge in [-0.2, -0.15) is 0 Å². The van der Waals surface area contributed by atoms with Gasteiger partial charge in [0.15, 0.2) is 0 Å². The number of hydrogen-bond acceptors (Lipinski definition) is 6. The van der Waals surface area contributed by atoms with Gasteiger partial charge in [-0.05, 0) is 20.2 Å². The van der Waals surface area contributed by atoms with Gasteiger partial charge in [-0.1, -0.05) is 0 Å². The number of nitrogens with two attached hydrogens (primary N) is 1. The standard InChI is InChI=1S/C10H17N5O2/c1-13(2)6-7-14(3)10-8(15(16)17)4-5-9(11)12-10/h4-5H,6-7H2,1-3H3,(H2,11,12). The minimum atomic E-state index is -0.450. The highest BCUT2D eigenvalue weighted by atomic mass is 16.6. The Morgan fingerprint density at radius 1 is 1.35 bits per heavy atom. The topological polar surface area (TPSA) is 88.5 Å². The maximum Gasteiger partial charge on any atom is 0.311 e. The van der Waals surface area contributed by atoms with Crippen LogP contribution in [0.5, 0.6) is 0 Å². The summed E-state index contributed by atoms with van der Waals surface area (Å²) in [4.78, 5) is 18.2. The summed E-state index contributed by atoms with van der Waals surface area (Å²) in [6.45, 7) is 1.43. The summed E-state index contributed by atoms with van der Waals surface area (Å²) in [5, 5.41) is 10.9. The van der Waals surface area contributed by atoms with Crippen LogP contribution in [-0.2, 0) is 0 Å². The smallest absolute Gasteiger partial charge is 0.311 e. The summed E-state index contributed by atoms with van der Waals surface area (Å²) in [6, 6.07) is 2.81. The number of nitrogen functional groups attached to an aromatic ring is 1. The number of aromatic nitrogens is 1. The molecule has 1 rings (SSSR count). The molecule has 0 aliphatic carbocycles. The number of nitrogens with zero attached hydrogens (tertiary/aromatic N) is 4. The minimum Gasteiger partial charge on any atom is -0.384 e. The molecule has 0 atom stereocenters. The lowest BCUT2D eigenvalue weighted by atomic mass is 10.3. The Kier molecular flexibility index (Phi) is 4.22. The fraction of sp³-hybridized carbons (Fsp3) is 0.500. The van der Waals surface area contributed by atoms with Crippen molar-refractivity contribution < 1.29 is 4.92 Å². The van der Waals surface area contributed by atoms with E-state index in [1.165, 1.54) is 12.1 Å². The Balaban J connectivity index is 2.94. The van der Waals surface area contributed by atoms with E-state index in [0.717, 1.165) is 6.54 Å². The van der Waals surface area contributed by atoms with E-state index in [9.17, 15) is 10.1 Å². The summed E-state index contributed by atoms with van der Waals surface area (Å²) in [6.07, 6.45) is 0. The Labute approximate surface area is 100.0 Å². The lowest BCUT2D eigenvalue weighted by Crippen LogP contribution is -2.29. The zero-order chi connectivity index (χ0) is 13.0. The first-order valence-electron chi connectivity index (χ1n) is 5.18. The second kappa shape index (κ2) is 5.44. The number of likely N-dealkylation sites (N-methyl/N-ethyl adjacent to an activating group) is 2. The largest absolute Gasteiger partial charge is 0.384 e. The molecule has 0 fully saturated rings. The fourth-order valence-corrected chi connectivity index (χ4v) is 1.33. The van der Waals surface area contributed by atoms with Gasteiger partial charge in [0.05, 0.1) is 4.92 Å². The molecule has 0 bridgehead atoms. The number of hydrogen-bond donors (Lipinski definition) is 1. The summed E-state index contributed by atoms with van der Waals surface area (Å²) in [7, 11) is 5.64. The zero-order valence-corrected chi connectivity index (χ0v) is 10.3. The first kappa shape index (κ1) is 13.2. The van der Waals surface area contributed by atoms with Crippen LogP contribution in [0.4, 0.5) is 17.3 Å². The molecule has 0 aliphatic heterocycles. The number of pyridine rings is 1. The Hall–Kier alpha value is -1.89. The van der Waals surface area contributed by atoms with Crippen LogP contribution in [0, 0.1) is 10.1 Å². The van der Waals surface area contributed by atoms with Crippen molar-refractivity contribution >= 4 is 17.3 Å². The van der Waals surface area contributed by atoms with Crippen LogP contribution in [0.3, 0.4) is 0 Å². The molecular weight excluding hydrogens is 222 g/mol. The first-order chi connectivity index (χ1) is 7.91. The first-order valence-corrected chi connectivity index (χ1v) is 5.18. The van der Waals surface area contributed by atoms with Crippen LogP contribution in [0.25, 0.3) is 0 Å². The van der Waals surface area contributed by atoms with Crippen molar-refractivity contribution in [2.75, 3.05) is 44.9 Å². The third-order valence-electron chi connectivity index (χ3n) is 2.32. The lowest BCUT2D eigenvalue weighted by Gasteiger charge is -2.20. The molecule has 17 heavy (non-hydrogen) atoms. The fourth-order valence-electron chi connectivity index (χ4n) is 1.33. The van der Waals surface area contributed by atoms with Crippen molar-refractivity contribution in [2.45, 2.75) is 0 Å². The normalized spacial score (nSPS) is 10.6. The van der Waals surface area contributed by atoms with Gasteiger partial charge < -0.3 is 15.5 Å². The van der Waals surface area contributed by atoms with Gasteiger partial charge in [-0.25, -0.2) is 4.98 Å². The average molecular weight is 239 g/mol. The third kappa shape index (κ3) is 3.56. The van der Waals surface area contributed by atoms with Crippen LogP contribution in [0.1, 0.15) is 0 Å². The van der Waals surface area contributed by atoms with Gasteiger partial charge >= 0.3 is 5.69 Å². The van der Waals surface area contributed by atoms with Crippen LogP contribution < -0.4 is 10.6 Å². The Morgan fingerprint density at radius 3 is 2.53 bits per heavy atom. The minimum absolute atomic E-state index is 0.0274. The predicted molar refractivity (Wildman–Crippen MR) is 67.1 cm³/mol. The van der Waals surface area contributed by atoms with Gasteiger partial charge in [0.25, 0.3) is 0 Å². The molecule has 1 aromatic heterocycles.